The molecular weight excluding hydrogens is 480 g/mol. The lowest BCUT2D eigenvalue weighted by atomic mass is 9.97. The Morgan fingerprint density at radius 1 is 1.03 bits per heavy atom. The number of amides is 1. The van der Waals surface area contributed by atoms with Crippen molar-refractivity contribution in [1.82, 2.24) is 25.3 Å². The summed E-state index contributed by atoms with van der Waals surface area (Å²) in [5.74, 6) is 1.82. The number of fused-ring (bicyclic) bond motifs is 1. The number of ether oxygens (including phenoxy) is 1. The number of hydroxylamine groups is 1. The van der Waals surface area contributed by atoms with Crippen LogP contribution in [0, 0.1) is 11.8 Å². The molecule has 6 rings (SSSR count). The van der Waals surface area contributed by atoms with Gasteiger partial charge in [0, 0.05) is 68.7 Å². The molecule has 9 heteroatoms. The molecule has 2 saturated heterocycles. The number of carbonyl (C=O) groups is 1. The van der Waals surface area contributed by atoms with Gasteiger partial charge in [-0.05, 0) is 68.5 Å². The number of anilines is 1. The van der Waals surface area contributed by atoms with Crippen molar-refractivity contribution in [2.45, 2.75) is 64.3 Å². The van der Waals surface area contributed by atoms with Gasteiger partial charge in [0.1, 0.15) is 0 Å². The Balaban J connectivity index is 0.947. The minimum atomic E-state index is -0.378. The summed E-state index contributed by atoms with van der Waals surface area (Å²) in [6, 6.07) is 8.79. The number of nitrogens with zero attached hydrogens (tertiary/aromatic N) is 4. The zero-order chi connectivity index (χ0) is 25.7. The predicted molar refractivity (Wildman–Crippen MR) is 145 cm³/mol. The van der Waals surface area contributed by atoms with Crippen molar-refractivity contribution >= 4 is 22.8 Å². The predicted octanol–water partition coefficient (Wildman–Crippen LogP) is 4.04. The summed E-state index contributed by atoms with van der Waals surface area (Å²) < 4.78 is 7.92. The second kappa shape index (κ2) is 11.8. The van der Waals surface area contributed by atoms with Crippen LogP contribution < -0.4 is 15.7 Å². The van der Waals surface area contributed by atoms with Crippen molar-refractivity contribution in [2.24, 2.45) is 11.8 Å². The molecule has 0 radical (unpaired) electrons. The van der Waals surface area contributed by atoms with Crippen LogP contribution in [-0.2, 0) is 22.7 Å². The van der Waals surface area contributed by atoms with Gasteiger partial charge in [-0.3, -0.25) is 4.79 Å². The Morgan fingerprint density at radius 2 is 1.84 bits per heavy atom. The molecule has 4 heterocycles. The Morgan fingerprint density at radius 3 is 2.61 bits per heavy atom. The van der Waals surface area contributed by atoms with E-state index in [1.165, 1.54) is 29.3 Å². The standard InChI is InChI=1S/C29H38N6O3/c36-28(33-38-27-7-3-4-14-37-27)23-17-31-29(32-18-23)34-12-10-21(11-13-34)15-30-16-24-20-35(19-22-8-9-22)26-6-2-1-5-25(24)26/h1-2,5-6,17-18,20-22,27,30H,3-4,7-16,19H2,(H,33,36). The number of benzene rings is 1. The molecule has 1 amide bonds. The molecule has 2 N–H and O–H groups in total. The summed E-state index contributed by atoms with van der Waals surface area (Å²) >= 11 is 0. The van der Waals surface area contributed by atoms with Crippen molar-refractivity contribution in [2.75, 3.05) is 31.1 Å². The highest BCUT2D eigenvalue weighted by atomic mass is 16.8. The summed E-state index contributed by atoms with van der Waals surface area (Å²) in [6.07, 6.45) is 12.9. The van der Waals surface area contributed by atoms with Crippen molar-refractivity contribution in [3.05, 3.63) is 54.0 Å². The first-order valence-electron chi connectivity index (χ1n) is 14.1. The minimum Gasteiger partial charge on any atom is -0.350 e. The first-order chi connectivity index (χ1) is 18.7. The van der Waals surface area contributed by atoms with Gasteiger partial charge in [0.05, 0.1) is 5.56 Å². The molecule has 3 fully saturated rings. The lowest BCUT2D eigenvalue weighted by molar-refractivity contribution is -0.186. The van der Waals surface area contributed by atoms with Gasteiger partial charge in [0.15, 0.2) is 6.29 Å². The average Bonchev–Trinajstić information content (AvgIpc) is 3.73. The van der Waals surface area contributed by atoms with Gasteiger partial charge in [-0.2, -0.15) is 0 Å². The van der Waals surface area contributed by atoms with Crippen molar-refractivity contribution < 1.29 is 14.4 Å². The summed E-state index contributed by atoms with van der Waals surface area (Å²) in [5.41, 5.74) is 5.59. The monoisotopic (exact) mass is 518 g/mol. The van der Waals surface area contributed by atoms with Crippen LogP contribution in [0.5, 0.6) is 0 Å². The van der Waals surface area contributed by atoms with Gasteiger partial charge < -0.3 is 19.5 Å². The average molecular weight is 519 g/mol. The largest absolute Gasteiger partial charge is 0.350 e. The van der Waals surface area contributed by atoms with Crippen LogP contribution in [-0.4, -0.2) is 53.0 Å². The molecule has 1 unspecified atom stereocenters. The topological polar surface area (TPSA) is 93.5 Å². The van der Waals surface area contributed by atoms with Gasteiger partial charge in [-0.25, -0.2) is 20.3 Å². The van der Waals surface area contributed by atoms with Gasteiger partial charge >= 0.3 is 0 Å². The van der Waals surface area contributed by atoms with Crippen molar-refractivity contribution in [3.8, 4) is 0 Å². The van der Waals surface area contributed by atoms with Crippen molar-refractivity contribution in [3.63, 3.8) is 0 Å². The van der Waals surface area contributed by atoms with Gasteiger partial charge in [-0.1, -0.05) is 18.2 Å². The third kappa shape index (κ3) is 6.17. The van der Waals surface area contributed by atoms with Crippen LogP contribution in [0.2, 0.25) is 0 Å². The van der Waals surface area contributed by atoms with Crippen LogP contribution in [0.3, 0.4) is 0 Å². The Labute approximate surface area is 223 Å². The Hall–Kier alpha value is -3.01. The number of para-hydroxylation sites is 1. The fraction of sp³-hybridized carbons (Fsp3) is 0.552. The van der Waals surface area contributed by atoms with Crippen LogP contribution in [0.25, 0.3) is 10.9 Å². The second-order valence-corrected chi connectivity index (χ2v) is 10.9. The van der Waals surface area contributed by atoms with Crippen molar-refractivity contribution in [1.29, 1.82) is 0 Å². The van der Waals surface area contributed by atoms with E-state index in [2.05, 4.69) is 60.7 Å². The molecule has 1 atom stereocenters. The molecule has 202 valence electrons. The minimum absolute atomic E-state index is 0.355. The van der Waals surface area contributed by atoms with Crippen LogP contribution in [0.15, 0.2) is 42.9 Å². The molecule has 2 aliphatic heterocycles. The number of aromatic nitrogens is 3. The molecule has 3 aromatic rings. The first-order valence-corrected chi connectivity index (χ1v) is 14.1. The van der Waals surface area contributed by atoms with Crippen LogP contribution in [0.1, 0.15) is 60.9 Å². The molecule has 1 aromatic carbocycles. The smallest absolute Gasteiger partial charge is 0.278 e. The van der Waals surface area contributed by atoms with E-state index in [4.69, 9.17) is 9.57 Å². The quantitative estimate of drug-likeness (QED) is 0.391. The summed E-state index contributed by atoms with van der Waals surface area (Å²) in [4.78, 5) is 28.8. The Bertz CT molecular complexity index is 1210. The fourth-order valence-corrected chi connectivity index (χ4v) is 5.53. The normalized spacial score (nSPS) is 20.6. The van der Waals surface area contributed by atoms with E-state index in [1.807, 2.05) is 0 Å². The van der Waals surface area contributed by atoms with E-state index in [9.17, 15) is 4.79 Å². The van der Waals surface area contributed by atoms with E-state index in [0.717, 1.165) is 70.7 Å². The maximum atomic E-state index is 12.4. The maximum absolute atomic E-state index is 12.4. The fourth-order valence-electron chi connectivity index (χ4n) is 5.53. The molecule has 1 aliphatic carbocycles. The molecule has 0 spiro atoms. The third-order valence-corrected chi connectivity index (χ3v) is 7.99. The molecule has 1 saturated carbocycles. The lowest BCUT2D eigenvalue weighted by Crippen LogP contribution is -2.38. The second-order valence-electron chi connectivity index (χ2n) is 10.9. The van der Waals surface area contributed by atoms with Crippen LogP contribution >= 0.6 is 0 Å². The summed E-state index contributed by atoms with van der Waals surface area (Å²) in [5, 5.41) is 5.10. The molecular formula is C29H38N6O3. The number of piperidine rings is 1. The van der Waals surface area contributed by atoms with E-state index >= 15 is 0 Å². The maximum Gasteiger partial charge on any atom is 0.278 e. The van der Waals surface area contributed by atoms with Gasteiger partial charge in [0.2, 0.25) is 5.95 Å². The zero-order valence-corrected chi connectivity index (χ0v) is 22.0. The highest BCUT2D eigenvalue weighted by molar-refractivity contribution is 5.92. The lowest BCUT2D eigenvalue weighted by Gasteiger charge is -2.32. The van der Waals surface area contributed by atoms with Gasteiger partial charge in [-0.15, -0.1) is 0 Å². The Kier molecular flexibility index (Phi) is 7.85. The molecule has 2 aromatic heterocycles. The molecule has 38 heavy (non-hydrogen) atoms. The summed E-state index contributed by atoms with van der Waals surface area (Å²) in [7, 11) is 0. The van der Waals surface area contributed by atoms with Crippen LogP contribution in [0.4, 0.5) is 5.95 Å². The van der Waals surface area contributed by atoms with E-state index in [-0.39, 0.29) is 12.2 Å². The molecule has 0 bridgehead atoms. The highest BCUT2D eigenvalue weighted by Gasteiger charge is 2.24. The summed E-state index contributed by atoms with van der Waals surface area (Å²) in [6.45, 7) is 5.57. The number of nitrogens with one attached hydrogen (secondary N) is 2. The number of carbonyl (C=O) groups excluding carboxylic acids is 1. The van der Waals surface area contributed by atoms with E-state index < -0.39 is 0 Å². The highest BCUT2D eigenvalue weighted by Crippen LogP contribution is 2.33. The van der Waals surface area contributed by atoms with E-state index in [0.29, 0.717) is 24.0 Å². The number of hydrogen-bond donors (Lipinski definition) is 2. The zero-order valence-electron chi connectivity index (χ0n) is 22.0. The SMILES string of the molecule is O=C(NOC1CCCCO1)c1cnc(N2CCC(CNCc3cn(CC4CC4)c4ccccc34)CC2)nc1. The number of rotatable bonds is 10. The molecule has 3 aliphatic rings. The first kappa shape index (κ1) is 25.3. The molecule has 9 nitrogen and oxygen atoms in total. The third-order valence-electron chi connectivity index (χ3n) is 7.99. The van der Waals surface area contributed by atoms with Gasteiger partial charge in [0.25, 0.3) is 5.91 Å². The number of hydrogen-bond acceptors (Lipinski definition) is 7. The van der Waals surface area contributed by atoms with E-state index in [1.54, 1.807) is 12.4 Å².